The summed E-state index contributed by atoms with van der Waals surface area (Å²) in [6, 6.07) is 0. The molecule has 0 aromatic heterocycles. The maximum Gasteiger partial charge on any atom is 0.0883 e. The van der Waals surface area contributed by atoms with Crippen LogP contribution in [-0.4, -0.2) is 9.03 Å². The van der Waals surface area contributed by atoms with Gasteiger partial charge in [-0.25, -0.2) is 0 Å². The molecule has 0 saturated heterocycles. The third kappa shape index (κ3) is 1.65. The molecule has 1 rings (SSSR count). The zero-order valence-electron chi connectivity index (χ0n) is 4.60. The van der Waals surface area contributed by atoms with Gasteiger partial charge in [-0.05, 0) is 18.9 Å². The van der Waals surface area contributed by atoms with E-state index in [-0.39, 0.29) is 0 Å². The molecule has 0 aliphatic heterocycles. The molecule has 2 heteroatoms. The Morgan fingerprint density at radius 3 is 2.88 bits per heavy atom. The Balaban J connectivity index is 2.42. The summed E-state index contributed by atoms with van der Waals surface area (Å²) in [4.78, 5) is 0. The predicted octanol–water partition coefficient (Wildman–Crippen LogP) is 2.42. The van der Waals surface area contributed by atoms with Gasteiger partial charge in [0.25, 0.3) is 0 Å². The zero-order valence-corrected chi connectivity index (χ0v) is 6.76. The number of rotatable bonds is 0. The highest BCUT2D eigenvalue weighted by atomic mass is 127. The summed E-state index contributed by atoms with van der Waals surface area (Å²) in [5, 5.41) is 8.88. The van der Waals surface area contributed by atoms with E-state index in [2.05, 4.69) is 22.6 Å². The highest BCUT2D eigenvalue weighted by Gasteiger charge is 2.08. The van der Waals surface area contributed by atoms with Crippen molar-refractivity contribution < 1.29 is 5.11 Å². The van der Waals surface area contributed by atoms with E-state index in [0.717, 1.165) is 23.2 Å². The Bertz CT molecular complexity index is 109. The van der Waals surface area contributed by atoms with Crippen LogP contribution in [-0.2, 0) is 0 Å². The van der Waals surface area contributed by atoms with E-state index in [1.54, 1.807) is 0 Å². The van der Waals surface area contributed by atoms with Crippen LogP contribution in [0.3, 0.4) is 0 Å². The maximum absolute atomic E-state index is 8.88. The number of hydrogen-bond acceptors (Lipinski definition) is 1. The van der Waals surface area contributed by atoms with E-state index in [9.17, 15) is 0 Å². The third-order valence-electron chi connectivity index (χ3n) is 1.32. The van der Waals surface area contributed by atoms with Crippen LogP contribution >= 0.6 is 22.6 Å². The maximum atomic E-state index is 8.88. The second kappa shape index (κ2) is 2.71. The lowest BCUT2D eigenvalue weighted by atomic mass is 10.1. The van der Waals surface area contributed by atoms with Crippen LogP contribution in [0.15, 0.2) is 11.8 Å². The molecule has 0 aromatic carbocycles. The fourth-order valence-corrected chi connectivity index (χ4v) is 1.35. The van der Waals surface area contributed by atoms with Crippen LogP contribution in [0, 0.1) is 0 Å². The summed E-state index contributed by atoms with van der Waals surface area (Å²) in [5.74, 6) is 0.581. The lowest BCUT2D eigenvalue weighted by molar-refractivity contribution is 0.372. The second-order valence-corrected chi connectivity index (χ2v) is 3.83. The van der Waals surface area contributed by atoms with E-state index >= 15 is 0 Å². The van der Waals surface area contributed by atoms with Crippen LogP contribution in [0.5, 0.6) is 0 Å². The Morgan fingerprint density at radius 2 is 2.50 bits per heavy atom. The highest BCUT2D eigenvalue weighted by Crippen LogP contribution is 2.21. The van der Waals surface area contributed by atoms with Gasteiger partial charge in [0.1, 0.15) is 0 Å². The predicted molar refractivity (Wildman–Crippen MR) is 42.4 cm³/mol. The highest BCUT2D eigenvalue weighted by molar-refractivity contribution is 14.1. The van der Waals surface area contributed by atoms with Gasteiger partial charge in [-0.3, -0.25) is 0 Å². The molecule has 1 aliphatic carbocycles. The van der Waals surface area contributed by atoms with E-state index in [0.29, 0.717) is 5.76 Å². The lowest BCUT2D eigenvalue weighted by Gasteiger charge is -2.11. The number of aliphatic hydroxyl groups is 1. The quantitative estimate of drug-likeness (QED) is 0.494. The average Bonchev–Trinajstić information content (AvgIpc) is 1.77. The van der Waals surface area contributed by atoms with Crippen molar-refractivity contribution in [1.82, 2.24) is 0 Å². The van der Waals surface area contributed by atoms with Crippen molar-refractivity contribution in [3.63, 3.8) is 0 Å². The number of hydrogen-bond donors (Lipinski definition) is 1. The van der Waals surface area contributed by atoms with Gasteiger partial charge in [-0.15, -0.1) is 0 Å². The number of alkyl halides is 1. The minimum Gasteiger partial charge on any atom is -0.513 e. The van der Waals surface area contributed by atoms with Crippen LogP contribution in [0.4, 0.5) is 0 Å². The van der Waals surface area contributed by atoms with Gasteiger partial charge in [0, 0.05) is 10.3 Å². The molecule has 0 radical (unpaired) electrons. The Labute approximate surface area is 62.9 Å². The van der Waals surface area contributed by atoms with Crippen molar-refractivity contribution in [2.75, 3.05) is 0 Å². The van der Waals surface area contributed by atoms with Crippen molar-refractivity contribution in [2.24, 2.45) is 0 Å². The van der Waals surface area contributed by atoms with Gasteiger partial charge in [0.05, 0.1) is 5.76 Å². The molecule has 1 aliphatic rings. The standard InChI is InChI=1S/C6H9IO/c7-5-1-3-6(8)4-2-5/h3,5,8H,1-2,4H2. The van der Waals surface area contributed by atoms with E-state index < -0.39 is 0 Å². The van der Waals surface area contributed by atoms with Crippen LogP contribution < -0.4 is 0 Å². The average molecular weight is 224 g/mol. The summed E-state index contributed by atoms with van der Waals surface area (Å²) in [6.45, 7) is 0. The van der Waals surface area contributed by atoms with Crippen molar-refractivity contribution in [1.29, 1.82) is 0 Å². The first-order chi connectivity index (χ1) is 3.79. The summed E-state index contributed by atoms with van der Waals surface area (Å²) < 4.78 is 0.753. The summed E-state index contributed by atoms with van der Waals surface area (Å²) in [6.07, 6.45) is 4.99. The molecule has 1 N–H and O–H groups in total. The van der Waals surface area contributed by atoms with Crippen LogP contribution in [0.25, 0.3) is 0 Å². The first kappa shape index (κ1) is 6.39. The number of aliphatic hydroxyl groups excluding tert-OH is 1. The lowest BCUT2D eigenvalue weighted by Crippen LogP contribution is -2.02. The van der Waals surface area contributed by atoms with E-state index in [1.807, 2.05) is 6.08 Å². The van der Waals surface area contributed by atoms with E-state index in [4.69, 9.17) is 5.11 Å². The minimum absolute atomic E-state index is 0.581. The van der Waals surface area contributed by atoms with Crippen molar-refractivity contribution in [3.05, 3.63) is 11.8 Å². The molecular weight excluding hydrogens is 215 g/mol. The Hall–Kier alpha value is 0.270. The van der Waals surface area contributed by atoms with Gasteiger partial charge in [-0.1, -0.05) is 22.6 Å². The second-order valence-electron chi connectivity index (χ2n) is 2.07. The molecule has 0 aromatic rings. The van der Waals surface area contributed by atoms with Crippen molar-refractivity contribution in [2.45, 2.75) is 23.2 Å². The van der Waals surface area contributed by atoms with Crippen LogP contribution in [0.1, 0.15) is 19.3 Å². The van der Waals surface area contributed by atoms with Gasteiger partial charge < -0.3 is 5.11 Å². The fourth-order valence-electron chi connectivity index (χ4n) is 0.788. The summed E-state index contributed by atoms with van der Waals surface area (Å²) in [5.41, 5.74) is 0. The first-order valence-electron chi connectivity index (χ1n) is 2.81. The fraction of sp³-hybridized carbons (Fsp3) is 0.667. The zero-order chi connectivity index (χ0) is 5.98. The Kier molecular flexibility index (Phi) is 2.16. The molecule has 1 atom stereocenters. The van der Waals surface area contributed by atoms with Crippen LogP contribution in [0.2, 0.25) is 0 Å². The molecule has 1 unspecified atom stereocenters. The SMILES string of the molecule is OC1=CCC(I)CC1. The molecule has 1 nitrogen and oxygen atoms in total. The van der Waals surface area contributed by atoms with Gasteiger partial charge in [0.15, 0.2) is 0 Å². The molecular formula is C6H9IO. The molecule has 46 valence electrons. The molecule has 8 heavy (non-hydrogen) atoms. The molecule has 0 spiro atoms. The monoisotopic (exact) mass is 224 g/mol. The third-order valence-corrected chi connectivity index (χ3v) is 2.45. The smallest absolute Gasteiger partial charge is 0.0883 e. The van der Waals surface area contributed by atoms with Crippen molar-refractivity contribution >= 4 is 22.6 Å². The summed E-state index contributed by atoms with van der Waals surface area (Å²) in [7, 11) is 0. The minimum atomic E-state index is 0.581. The molecule has 0 heterocycles. The van der Waals surface area contributed by atoms with Gasteiger partial charge in [-0.2, -0.15) is 0 Å². The van der Waals surface area contributed by atoms with Gasteiger partial charge in [0.2, 0.25) is 0 Å². The summed E-state index contributed by atoms with van der Waals surface area (Å²) >= 11 is 2.41. The normalized spacial score (nSPS) is 29.6. The Morgan fingerprint density at radius 1 is 1.75 bits per heavy atom. The van der Waals surface area contributed by atoms with Gasteiger partial charge >= 0.3 is 0 Å². The first-order valence-corrected chi connectivity index (χ1v) is 4.05. The molecule has 0 saturated carbocycles. The topological polar surface area (TPSA) is 20.2 Å². The van der Waals surface area contributed by atoms with E-state index in [1.165, 1.54) is 0 Å². The number of halogens is 1. The molecule has 0 bridgehead atoms. The number of allylic oxidation sites excluding steroid dienone is 2. The largest absolute Gasteiger partial charge is 0.513 e. The molecule has 0 fully saturated rings. The van der Waals surface area contributed by atoms with Crippen molar-refractivity contribution in [3.8, 4) is 0 Å². The molecule has 0 amide bonds.